The number of anilines is 1. The zero-order valence-electron chi connectivity index (χ0n) is 15.6. The van der Waals surface area contributed by atoms with Gasteiger partial charge >= 0.3 is 6.18 Å². The molecule has 0 aromatic heterocycles. The minimum Gasteiger partial charge on any atom is -0.387 e. The van der Waals surface area contributed by atoms with Gasteiger partial charge in [0, 0.05) is 0 Å². The Labute approximate surface area is 163 Å². The van der Waals surface area contributed by atoms with Crippen LogP contribution in [0.5, 0.6) is 0 Å². The van der Waals surface area contributed by atoms with Crippen molar-refractivity contribution in [2.45, 2.75) is 50.4 Å². The van der Waals surface area contributed by atoms with Crippen LogP contribution in [-0.4, -0.2) is 45.4 Å². The van der Waals surface area contributed by atoms with Gasteiger partial charge in [-0.1, -0.05) is 0 Å². The van der Waals surface area contributed by atoms with Crippen LogP contribution in [0.15, 0.2) is 12.1 Å². The molecule has 29 heavy (non-hydrogen) atoms. The predicted molar refractivity (Wildman–Crippen MR) is 90.3 cm³/mol. The number of amides is 2. The number of fused-ring (bicyclic) bond motifs is 5. The van der Waals surface area contributed by atoms with Crippen LogP contribution in [0.1, 0.15) is 30.5 Å². The SMILES string of the molecule is Cc1c(N2C(=O)C3C(C2=O)C2(C)OC3(C)C(O)C2O)ccc(C#N)c1C(F)(F)F. The Morgan fingerprint density at radius 2 is 1.59 bits per heavy atom. The number of halogens is 3. The van der Waals surface area contributed by atoms with Gasteiger partial charge in [-0.2, -0.15) is 18.4 Å². The molecule has 1 aromatic carbocycles. The molecule has 2 bridgehead atoms. The van der Waals surface area contributed by atoms with Crippen molar-refractivity contribution in [2.24, 2.45) is 11.8 Å². The number of hydrogen-bond donors (Lipinski definition) is 2. The van der Waals surface area contributed by atoms with Crippen LogP contribution in [0.25, 0.3) is 0 Å². The van der Waals surface area contributed by atoms with Crippen LogP contribution in [0.2, 0.25) is 0 Å². The number of aliphatic hydroxyl groups excluding tert-OH is 2. The molecule has 1 aromatic rings. The molecule has 10 heteroatoms. The van der Waals surface area contributed by atoms with Crippen molar-refractivity contribution in [1.82, 2.24) is 0 Å². The minimum atomic E-state index is -4.86. The second-order valence-electron chi connectivity index (χ2n) is 8.07. The van der Waals surface area contributed by atoms with Crippen molar-refractivity contribution in [3.05, 3.63) is 28.8 Å². The maximum Gasteiger partial charge on any atom is 0.418 e. The Balaban J connectivity index is 1.87. The van der Waals surface area contributed by atoms with Crippen LogP contribution >= 0.6 is 0 Å². The lowest BCUT2D eigenvalue weighted by molar-refractivity contribution is -0.138. The average molecular weight is 410 g/mol. The summed E-state index contributed by atoms with van der Waals surface area (Å²) >= 11 is 0. The third-order valence-corrected chi connectivity index (χ3v) is 6.54. The maximum absolute atomic E-state index is 13.5. The van der Waals surface area contributed by atoms with Crippen LogP contribution in [0.4, 0.5) is 18.9 Å². The summed E-state index contributed by atoms with van der Waals surface area (Å²) in [5.74, 6) is -3.92. The molecule has 3 fully saturated rings. The Bertz CT molecular complexity index is 965. The topological polar surface area (TPSA) is 111 Å². The van der Waals surface area contributed by atoms with Crippen molar-refractivity contribution in [2.75, 3.05) is 4.90 Å². The van der Waals surface area contributed by atoms with Crippen molar-refractivity contribution in [1.29, 1.82) is 5.26 Å². The predicted octanol–water partition coefficient (Wildman–Crippen LogP) is 1.27. The fourth-order valence-corrected chi connectivity index (χ4v) is 5.18. The molecular weight excluding hydrogens is 393 g/mol. The van der Waals surface area contributed by atoms with E-state index in [0.717, 1.165) is 19.1 Å². The van der Waals surface area contributed by atoms with E-state index >= 15 is 0 Å². The van der Waals surface area contributed by atoms with Crippen molar-refractivity contribution < 1.29 is 37.7 Å². The van der Waals surface area contributed by atoms with Gasteiger partial charge < -0.3 is 14.9 Å². The Kier molecular flexibility index (Phi) is 3.80. The van der Waals surface area contributed by atoms with Gasteiger partial charge in [0.25, 0.3) is 0 Å². The van der Waals surface area contributed by atoms with E-state index in [1.165, 1.54) is 19.9 Å². The lowest BCUT2D eigenvalue weighted by atomic mass is 9.66. The number of imide groups is 1. The molecule has 6 atom stereocenters. The molecule has 3 heterocycles. The molecule has 7 nitrogen and oxygen atoms in total. The summed E-state index contributed by atoms with van der Waals surface area (Å²) in [6.45, 7) is 3.89. The van der Waals surface area contributed by atoms with Gasteiger partial charge in [-0.05, 0) is 38.5 Å². The molecule has 3 saturated heterocycles. The third kappa shape index (κ3) is 2.18. The van der Waals surface area contributed by atoms with E-state index in [-0.39, 0.29) is 5.69 Å². The van der Waals surface area contributed by atoms with Gasteiger partial charge in [-0.15, -0.1) is 0 Å². The average Bonchev–Trinajstić information content (AvgIpc) is 3.10. The van der Waals surface area contributed by atoms with Crippen LogP contribution in [0.3, 0.4) is 0 Å². The van der Waals surface area contributed by atoms with E-state index in [2.05, 4.69) is 0 Å². The number of alkyl halides is 3. The molecule has 2 amide bonds. The van der Waals surface area contributed by atoms with Gasteiger partial charge in [0.2, 0.25) is 11.8 Å². The molecule has 3 aliphatic heterocycles. The highest BCUT2D eigenvalue weighted by atomic mass is 19.4. The van der Waals surface area contributed by atoms with Crippen LogP contribution in [-0.2, 0) is 20.5 Å². The molecule has 0 aliphatic carbocycles. The number of nitrogens with zero attached hydrogens (tertiary/aromatic N) is 2. The molecule has 2 N–H and O–H groups in total. The van der Waals surface area contributed by atoms with Crippen molar-refractivity contribution in [3.8, 4) is 6.07 Å². The fourth-order valence-electron chi connectivity index (χ4n) is 5.18. The minimum absolute atomic E-state index is 0.281. The van der Waals surface area contributed by atoms with Gasteiger partial charge in [0.05, 0.1) is 34.7 Å². The van der Waals surface area contributed by atoms with Gasteiger partial charge in [-0.25, -0.2) is 4.90 Å². The molecule has 4 rings (SSSR count). The smallest absolute Gasteiger partial charge is 0.387 e. The first-order valence-corrected chi connectivity index (χ1v) is 8.85. The highest BCUT2D eigenvalue weighted by Gasteiger charge is 2.79. The van der Waals surface area contributed by atoms with Crippen molar-refractivity contribution >= 4 is 17.5 Å². The first-order chi connectivity index (χ1) is 13.3. The summed E-state index contributed by atoms with van der Waals surface area (Å²) in [6.07, 6.45) is -7.73. The third-order valence-electron chi connectivity index (χ3n) is 6.54. The standard InChI is InChI=1S/C19H17F3N2O5/c1-7-9(5-4-8(6-23)10(7)19(20,21)22)24-15(27)11-12(16(24)28)18(3)14(26)13(25)17(11,2)29-18/h4-5,11-14,25-26H,1-3H3. The van der Waals surface area contributed by atoms with E-state index < -0.39 is 69.9 Å². The summed E-state index contributed by atoms with van der Waals surface area (Å²) in [4.78, 5) is 26.9. The summed E-state index contributed by atoms with van der Waals surface area (Å²) in [6, 6.07) is 3.52. The normalized spacial score (nSPS) is 38.5. The molecule has 0 radical (unpaired) electrons. The number of benzene rings is 1. The summed E-state index contributed by atoms with van der Waals surface area (Å²) in [5, 5.41) is 29.7. The van der Waals surface area contributed by atoms with Gasteiger partial charge in [0.15, 0.2) is 0 Å². The Morgan fingerprint density at radius 1 is 1.10 bits per heavy atom. The lowest BCUT2D eigenvalue weighted by Crippen LogP contribution is -2.57. The monoisotopic (exact) mass is 410 g/mol. The Morgan fingerprint density at radius 3 is 2.00 bits per heavy atom. The van der Waals surface area contributed by atoms with Crippen molar-refractivity contribution in [3.63, 3.8) is 0 Å². The maximum atomic E-state index is 13.5. The van der Waals surface area contributed by atoms with Crippen LogP contribution < -0.4 is 4.90 Å². The number of ether oxygens (including phenoxy) is 1. The lowest BCUT2D eigenvalue weighted by Gasteiger charge is -2.35. The second kappa shape index (κ2) is 5.56. The number of nitriles is 1. The molecule has 0 spiro atoms. The Hall–Kier alpha value is -2.48. The summed E-state index contributed by atoms with van der Waals surface area (Å²) < 4.78 is 46.3. The second-order valence-corrected chi connectivity index (χ2v) is 8.07. The number of carbonyl (C=O) groups is 2. The molecule has 3 aliphatic rings. The quantitative estimate of drug-likeness (QED) is 0.675. The molecule has 6 unspecified atom stereocenters. The number of hydrogen-bond acceptors (Lipinski definition) is 6. The number of aliphatic hydroxyl groups is 2. The van der Waals surface area contributed by atoms with E-state index in [9.17, 15) is 33.0 Å². The van der Waals surface area contributed by atoms with Gasteiger partial charge in [0.1, 0.15) is 23.4 Å². The van der Waals surface area contributed by atoms with Gasteiger partial charge in [-0.3, -0.25) is 9.59 Å². The largest absolute Gasteiger partial charge is 0.418 e. The summed E-state index contributed by atoms with van der Waals surface area (Å²) in [5.41, 5.74) is -5.64. The highest BCUT2D eigenvalue weighted by Crippen LogP contribution is 2.61. The number of carbonyl (C=O) groups excluding carboxylic acids is 2. The molecular formula is C19H17F3N2O5. The zero-order valence-corrected chi connectivity index (χ0v) is 15.6. The van der Waals surface area contributed by atoms with E-state index in [0.29, 0.717) is 4.90 Å². The summed E-state index contributed by atoms with van der Waals surface area (Å²) in [7, 11) is 0. The van der Waals surface area contributed by atoms with E-state index in [4.69, 9.17) is 10.00 Å². The zero-order chi connectivity index (χ0) is 21.7. The fraction of sp³-hybridized carbons (Fsp3) is 0.526. The van der Waals surface area contributed by atoms with E-state index in [1.54, 1.807) is 0 Å². The first kappa shape index (κ1) is 19.8. The van der Waals surface area contributed by atoms with Crippen LogP contribution in [0, 0.1) is 30.1 Å². The highest BCUT2D eigenvalue weighted by molar-refractivity contribution is 6.23. The number of rotatable bonds is 1. The molecule has 0 saturated carbocycles. The first-order valence-electron chi connectivity index (χ1n) is 8.85. The molecule has 154 valence electrons. The van der Waals surface area contributed by atoms with E-state index in [1.807, 2.05) is 0 Å².